The van der Waals surface area contributed by atoms with E-state index in [2.05, 4.69) is 5.32 Å². The number of nitrogens with one attached hydrogen (secondary N) is 1. The van der Waals surface area contributed by atoms with E-state index < -0.39 is 0 Å². The molecule has 1 aliphatic rings. The SMILES string of the molecule is CCOC(=O)C1CCN(C(=O)CN(C)C(=O)c2ccc(C)c(NC(=O)c3ccccc3)c2)CC1. The molecule has 0 radical (unpaired) electrons. The molecule has 2 aromatic carbocycles. The van der Waals surface area contributed by atoms with Crippen molar-refractivity contribution in [2.24, 2.45) is 5.92 Å². The van der Waals surface area contributed by atoms with Gasteiger partial charge in [0.05, 0.1) is 19.1 Å². The van der Waals surface area contributed by atoms with E-state index in [0.717, 1.165) is 5.56 Å². The van der Waals surface area contributed by atoms with E-state index in [1.165, 1.54) is 4.90 Å². The molecule has 34 heavy (non-hydrogen) atoms. The second kappa shape index (κ2) is 11.4. The number of hydrogen-bond acceptors (Lipinski definition) is 5. The summed E-state index contributed by atoms with van der Waals surface area (Å²) in [5.41, 5.74) is 2.27. The first-order valence-corrected chi connectivity index (χ1v) is 11.5. The Kier molecular flexibility index (Phi) is 8.40. The second-order valence-electron chi connectivity index (χ2n) is 8.42. The van der Waals surface area contributed by atoms with Crippen molar-refractivity contribution in [3.8, 4) is 0 Å². The fourth-order valence-electron chi connectivity index (χ4n) is 3.89. The highest BCUT2D eigenvalue weighted by Gasteiger charge is 2.29. The summed E-state index contributed by atoms with van der Waals surface area (Å²) in [5.74, 6) is -1.13. The van der Waals surface area contributed by atoms with Crippen LogP contribution in [-0.2, 0) is 14.3 Å². The number of nitrogens with zero attached hydrogens (tertiary/aromatic N) is 2. The zero-order valence-electron chi connectivity index (χ0n) is 19.9. The lowest BCUT2D eigenvalue weighted by Gasteiger charge is -2.32. The van der Waals surface area contributed by atoms with Crippen LogP contribution in [0.5, 0.6) is 0 Å². The zero-order chi connectivity index (χ0) is 24.7. The number of amides is 3. The van der Waals surface area contributed by atoms with Crippen LogP contribution in [0.1, 0.15) is 46.0 Å². The van der Waals surface area contributed by atoms with Crippen LogP contribution in [0.25, 0.3) is 0 Å². The molecule has 1 heterocycles. The van der Waals surface area contributed by atoms with Gasteiger partial charge in [0, 0.05) is 37.0 Å². The number of piperidine rings is 1. The number of anilines is 1. The van der Waals surface area contributed by atoms with Gasteiger partial charge in [-0.15, -0.1) is 0 Å². The molecule has 180 valence electrons. The van der Waals surface area contributed by atoms with Crippen molar-refractivity contribution in [3.05, 3.63) is 65.2 Å². The molecule has 0 aliphatic carbocycles. The Bertz CT molecular complexity index is 1050. The van der Waals surface area contributed by atoms with Gasteiger partial charge in [0.15, 0.2) is 0 Å². The molecular weight excluding hydrogens is 434 g/mol. The maximum atomic E-state index is 13.0. The van der Waals surface area contributed by atoms with Crippen molar-refractivity contribution in [2.75, 3.05) is 38.6 Å². The van der Waals surface area contributed by atoms with E-state index >= 15 is 0 Å². The highest BCUT2D eigenvalue weighted by molar-refractivity contribution is 6.05. The van der Waals surface area contributed by atoms with Crippen molar-refractivity contribution < 1.29 is 23.9 Å². The first-order chi connectivity index (χ1) is 16.3. The minimum atomic E-state index is -0.315. The first-order valence-electron chi connectivity index (χ1n) is 11.5. The number of carbonyl (C=O) groups excluding carboxylic acids is 4. The predicted molar refractivity (Wildman–Crippen MR) is 128 cm³/mol. The van der Waals surface area contributed by atoms with Crippen LogP contribution < -0.4 is 5.32 Å². The van der Waals surface area contributed by atoms with Crippen molar-refractivity contribution in [2.45, 2.75) is 26.7 Å². The maximum absolute atomic E-state index is 13.0. The Labute approximate surface area is 199 Å². The van der Waals surface area contributed by atoms with Crippen LogP contribution >= 0.6 is 0 Å². The Morgan fingerprint density at radius 1 is 1.03 bits per heavy atom. The number of ether oxygens (including phenoxy) is 1. The van der Waals surface area contributed by atoms with Gasteiger partial charge in [0.2, 0.25) is 5.91 Å². The number of rotatable bonds is 7. The summed E-state index contributed by atoms with van der Waals surface area (Å²) >= 11 is 0. The summed E-state index contributed by atoms with van der Waals surface area (Å²) in [6.45, 7) is 4.83. The molecule has 3 rings (SSSR count). The van der Waals surface area contributed by atoms with Crippen LogP contribution in [0.15, 0.2) is 48.5 Å². The number of aryl methyl sites for hydroxylation is 1. The third kappa shape index (κ3) is 6.21. The molecule has 3 amide bonds. The average molecular weight is 466 g/mol. The van der Waals surface area contributed by atoms with Crippen molar-refractivity contribution in [3.63, 3.8) is 0 Å². The molecule has 2 aromatic rings. The van der Waals surface area contributed by atoms with Crippen molar-refractivity contribution in [1.29, 1.82) is 0 Å². The molecular formula is C26H31N3O5. The van der Waals surface area contributed by atoms with Gasteiger partial charge in [-0.05, 0) is 56.5 Å². The number of hydrogen-bond donors (Lipinski definition) is 1. The van der Waals surface area contributed by atoms with Gasteiger partial charge in [-0.3, -0.25) is 19.2 Å². The summed E-state index contributed by atoms with van der Waals surface area (Å²) < 4.78 is 5.07. The highest BCUT2D eigenvalue weighted by atomic mass is 16.5. The molecule has 0 saturated carbocycles. The van der Waals surface area contributed by atoms with Crippen LogP contribution in [0.3, 0.4) is 0 Å². The normalized spacial score (nSPS) is 13.8. The minimum Gasteiger partial charge on any atom is -0.466 e. The molecule has 0 unspecified atom stereocenters. The van der Waals surface area contributed by atoms with Crippen molar-refractivity contribution in [1.82, 2.24) is 9.80 Å². The van der Waals surface area contributed by atoms with E-state index in [-0.39, 0.29) is 36.2 Å². The predicted octanol–water partition coefficient (Wildman–Crippen LogP) is 3.12. The number of likely N-dealkylation sites (tertiary alicyclic amines) is 1. The maximum Gasteiger partial charge on any atom is 0.309 e. The topological polar surface area (TPSA) is 96.0 Å². The van der Waals surface area contributed by atoms with Crippen LogP contribution in [-0.4, -0.2) is 66.8 Å². The van der Waals surface area contributed by atoms with Crippen molar-refractivity contribution >= 4 is 29.4 Å². The largest absolute Gasteiger partial charge is 0.466 e. The Balaban J connectivity index is 1.59. The zero-order valence-corrected chi connectivity index (χ0v) is 19.9. The van der Waals surface area contributed by atoms with Gasteiger partial charge in [-0.1, -0.05) is 24.3 Å². The quantitative estimate of drug-likeness (QED) is 0.634. The average Bonchev–Trinajstić information content (AvgIpc) is 2.85. The fourth-order valence-corrected chi connectivity index (χ4v) is 3.89. The number of carbonyl (C=O) groups is 4. The molecule has 0 atom stereocenters. The molecule has 1 saturated heterocycles. The van der Waals surface area contributed by atoms with Crippen LogP contribution in [0, 0.1) is 12.8 Å². The number of esters is 1. The summed E-state index contributed by atoms with van der Waals surface area (Å²) in [7, 11) is 1.58. The van der Waals surface area contributed by atoms with E-state index in [0.29, 0.717) is 49.4 Å². The molecule has 8 nitrogen and oxygen atoms in total. The molecule has 0 spiro atoms. The van der Waals surface area contributed by atoms with Crippen LogP contribution in [0.4, 0.5) is 5.69 Å². The van der Waals surface area contributed by atoms with Gasteiger partial charge in [-0.25, -0.2) is 0 Å². The Morgan fingerprint density at radius 2 is 1.71 bits per heavy atom. The summed E-state index contributed by atoms with van der Waals surface area (Å²) in [6, 6.07) is 13.9. The number of benzene rings is 2. The highest BCUT2D eigenvalue weighted by Crippen LogP contribution is 2.21. The summed E-state index contributed by atoms with van der Waals surface area (Å²) in [4.78, 5) is 53.2. The van der Waals surface area contributed by atoms with Gasteiger partial charge in [0.1, 0.15) is 0 Å². The van der Waals surface area contributed by atoms with Gasteiger partial charge in [-0.2, -0.15) is 0 Å². The van der Waals surface area contributed by atoms with Gasteiger partial charge < -0.3 is 19.9 Å². The smallest absolute Gasteiger partial charge is 0.309 e. The van der Waals surface area contributed by atoms with E-state index in [1.807, 2.05) is 13.0 Å². The Morgan fingerprint density at radius 3 is 2.35 bits per heavy atom. The lowest BCUT2D eigenvalue weighted by Crippen LogP contribution is -2.45. The lowest BCUT2D eigenvalue weighted by atomic mass is 9.97. The third-order valence-electron chi connectivity index (χ3n) is 5.96. The summed E-state index contributed by atoms with van der Waals surface area (Å²) in [5, 5.41) is 2.85. The molecule has 0 bridgehead atoms. The van der Waals surface area contributed by atoms with Crippen LogP contribution in [0.2, 0.25) is 0 Å². The molecule has 0 aromatic heterocycles. The minimum absolute atomic E-state index is 0.0670. The van der Waals surface area contributed by atoms with E-state index in [9.17, 15) is 19.2 Å². The fraction of sp³-hybridized carbons (Fsp3) is 0.385. The van der Waals surface area contributed by atoms with Gasteiger partial charge in [0.25, 0.3) is 11.8 Å². The molecule has 1 fully saturated rings. The second-order valence-corrected chi connectivity index (χ2v) is 8.42. The van der Waals surface area contributed by atoms with E-state index in [1.54, 1.807) is 61.3 Å². The van der Waals surface area contributed by atoms with E-state index in [4.69, 9.17) is 4.74 Å². The first kappa shape index (κ1) is 25.0. The molecule has 1 aliphatic heterocycles. The lowest BCUT2D eigenvalue weighted by molar-refractivity contribution is -0.151. The molecule has 8 heteroatoms. The molecule has 1 N–H and O–H groups in total. The Hall–Kier alpha value is -3.68. The summed E-state index contributed by atoms with van der Waals surface area (Å²) in [6.07, 6.45) is 1.12. The monoisotopic (exact) mass is 465 g/mol. The third-order valence-corrected chi connectivity index (χ3v) is 5.96. The standard InChI is InChI=1S/C26H31N3O5/c1-4-34-26(33)20-12-14-29(15-13-20)23(30)17-28(3)25(32)21-11-10-18(2)22(16-21)27-24(31)19-8-6-5-7-9-19/h5-11,16,20H,4,12-15,17H2,1-3H3,(H,27,31). The van der Waals surface area contributed by atoms with Gasteiger partial charge >= 0.3 is 5.97 Å². The number of likely N-dealkylation sites (N-methyl/N-ethyl adjacent to an activating group) is 1.